The molecule has 1 saturated heterocycles. The second-order valence-electron chi connectivity index (χ2n) is 8.14. The van der Waals surface area contributed by atoms with Gasteiger partial charge in [-0.1, -0.05) is 0 Å². The van der Waals surface area contributed by atoms with Crippen LogP contribution < -0.4 is 4.90 Å². The minimum Gasteiger partial charge on any atom is -0.459 e. The van der Waals surface area contributed by atoms with Gasteiger partial charge in [-0.15, -0.1) is 0 Å². The fraction of sp³-hybridized carbons (Fsp3) is 0.240. The second-order valence-corrected chi connectivity index (χ2v) is 8.14. The van der Waals surface area contributed by atoms with Crippen LogP contribution in [0.1, 0.15) is 27.4 Å². The van der Waals surface area contributed by atoms with Gasteiger partial charge in [-0.3, -0.25) is 4.79 Å². The number of aryl methyl sites for hydroxylation is 1. The van der Waals surface area contributed by atoms with Crippen molar-refractivity contribution in [3.8, 4) is 23.4 Å². The molecular weight excluding hydrogens is 437 g/mol. The Morgan fingerprint density at radius 3 is 2.50 bits per heavy atom. The van der Waals surface area contributed by atoms with Crippen LogP contribution in [0.25, 0.3) is 17.3 Å². The Hall–Kier alpha value is -4.32. The lowest BCUT2D eigenvalue weighted by Crippen LogP contribution is -2.49. The highest BCUT2D eigenvalue weighted by molar-refractivity contribution is 5.96. The van der Waals surface area contributed by atoms with E-state index >= 15 is 0 Å². The molecular formula is C25H22FN5O3. The average molecular weight is 459 g/mol. The number of rotatable bonds is 4. The van der Waals surface area contributed by atoms with Crippen LogP contribution in [0.3, 0.4) is 0 Å². The molecule has 1 aliphatic heterocycles. The topological polar surface area (TPSA) is 91.4 Å². The van der Waals surface area contributed by atoms with Crippen molar-refractivity contribution < 1.29 is 18.0 Å². The molecule has 1 aliphatic rings. The number of furan rings is 1. The third-order valence-electron chi connectivity index (χ3n) is 6.05. The highest BCUT2D eigenvalue weighted by atomic mass is 19.1. The number of piperazine rings is 1. The molecule has 4 aromatic rings. The zero-order valence-corrected chi connectivity index (χ0v) is 18.8. The van der Waals surface area contributed by atoms with Crippen LogP contribution in [0.15, 0.2) is 57.6 Å². The summed E-state index contributed by atoms with van der Waals surface area (Å²) >= 11 is 0. The van der Waals surface area contributed by atoms with Gasteiger partial charge in [0.1, 0.15) is 11.9 Å². The van der Waals surface area contributed by atoms with E-state index in [4.69, 9.17) is 8.83 Å². The Morgan fingerprint density at radius 2 is 1.85 bits per heavy atom. The monoisotopic (exact) mass is 459 g/mol. The van der Waals surface area contributed by atoms with E-state index in [2.05, 4.69) is 11.1 Å². The summed E-state index contributed by atoms with van der Waals surface area (Å²) in [6.45, 7) is 5.77. The first kappa shape index (κ1) is 21.5. The van der Waals surface area contributed by atoms with Crippen molar-refractivity contribution >= 4 is 11.8 Å². The van der Waals surface area contributed by atoms with Crippen LogP contribution in [0, 0.1) is 31.0 Å². The predicted molar refractivity (Wildman–Crippen MR) is 122 cm³/mol. The molecule has 1 fully saturated rings. The third kappa shape index (κ3) is 3.73. The highest BCUT2D eigenvalue weighted by Gasteiger charge is 2.29. The van der Waals surface area contributed by atoms with Crippen molar-refractivity contribution in [1.82, 2.24) is 14.5 Å². The van der Waals surface area contributed by atoms with E-state index in [0.29, 0.717) is 43.4 Å². The Kier molecular flexibility index (Phi) is 5.42. The Labute approximate surface area is 195 Å². The van der Waals surface area contributed by atoms with Gasteiger partial charge in [0.25, 0.3) is 11.8 Å². The van der Waals surface area contributed by atoms with Crippen LogP contribution in [0.5, 0.6) is 0 Å². The van der Waals surface area contributed by atoms with Crippen LogP contribution in [0.2, 0.25) is 0 Å². The number of carbonyl (C=O) groups excluding carboxylic acids is 1. The summed E-state index contributed by atoms with van der Waals surface area (Å²) in [6, 6.07) is 13.6. The molecule has 1 aromatic carbocycles. The zero-order chi connectivity index (χ0) is 23.8. The molecule has 0 radical (unpaired) electrons. The van der Waals surface area contributed by atoms with Crippen molar-refractivity contribution in [2.75, 3.05) is 31.1 Å². The van der Waals surface area contributed by atoms with Gasteiger partial charge >= 0.3 is 0 Å². The molecule has 9 heteroatoms. The summed E-state index contributed by atoms with van der Waals surface area (Å²) in [4.78, 5) is 21.3. The minimum atomic E-state index is -0.303. The van der Waals surface area contributed by atoms with Gasteiger partial charge in [-0.2, -0.15) is 10.2 Å². The molecule has 0 saturated carbocycles. The van der Waals surface area contributed by atoms with Crippen molar-refractivity contribution in [3.63, 3.8) is 0 Å². The van der Waals surface area contributed by atoms with E-state index in [-0.39, 0.29) is 23.3 Å². The summed E-state index contributed by atoms with van der Waals surface area (Å²) in [5.41, 5.74) is 3.32. The molecule has 5 rings (SSSR count). The van der Waals surface area contributed by atoms with Gasteiger partial charge in [-0.05, 0) is 56.3 Å². The highest BCUT2D eigenvalue weighted by Crippen LogP contribution is 2.29. The number of amides is 1. The number of hydrogen-bond acceptors (Lipinski definition) is 6. The number of nitrogens with zero attached hydrogens (tertiary/aromatic N) is 5. The molecule has 4 heterocycles. The second kappa shape index (κ2) is 8.56. The molecule has 0 unspecified atom stereocenters. The van der Waals surface area contributed by atoms with Crippen molar-refractivity contribution in [1.29, 1.82) is 5.26 Å². The zero-order valence-electron chi connectivity index (χ0n) is 18.8. The van der Waals surface area contributed by atoms with Crippen LogP contribution >= 0.6 is 0 Å². The van der Waals surface area contributed by atoms with E-state index < -0.39 is 0 Å². The molecule has 0 N–H and O–H groups in total. The van der Waals surface area contributed by atoms with Crippen LogP contribution in [0.4, 0.5) is 10.3 Å². The van der Waals surface area contributed by atoms with Crippen molar-refractivity contribution in [3.05, 3.63) is 77.2 Å². The van der Waals surface area contributed by atoms with Crippen molar-refractivity contribution in [2.45, 2.75) is 13.8 Å². The number of nitriles is 1. The molecule has 0 spiro atoms. The molecule has 3 aromatic heterocycles. The van der Waals surface area contributed by atoms with E-state index in [1.807, 2.05) is 29.4 Å². The number of benzene rings is 1. The maximum Gasteiger partial charge on any atom is 0.266 e. The van der Waals surface area contributed by atoms with E-state index in [0.717, 1.165) is 17.1 Å². The number of carbonyl (C=O) groups is 1. The molecule has 0 bridgehead atoms. The minimum absolute atomic E-state index is 0.0598. The first-order chi connectivity index (χ1) is 16.5. The first-order valence-corrected chi connectivity index (χ1v) is 10.9. The maximum atomic E-state index is 13.3. The lowest BCUT2D eigenvalue weighted by atomic mass is 10.2. The Bertz CT molecular complexity index is 1370. The third-order valence-corrected chi connectivity index (χ3v) is 6.05. The number of anilines is 1. The largest absolute Gasteiger partial charge is 0.459 e. The van der Waals surface area contributed by atoms with E-state index in [1.165, 1.54) is 18.4 Å². The lowest BCUT2D eigenvalue weighted by Gasteiger charge is -2.34. The van der Waals surface area contributed by atoms with Gasteiger partial charge in [0, 0.05) is 43.3 Å². The maximum absolute atomic E-state index is 13.3. The standard InChI is InChI=1S/C25H22FN5O3/c1-16-14-20(17(2)31(16)19-7-5-18(26)6-8-19)24(32)29-9-11-30(12-10-29)25-21(15-27)28-23(34-25)22-4-3-13-33-22/h3-8,13-14H,9-12H2,1-2H3. The number of oxazole rings is 1. The van der Waals surface area contributed by atoms with Gasteiger partial charge in [0.05, 0.1) is 11.8 Å². The van der Waals surface area contributed by atoms with E-state index in [1.54, 1.807) is 29.2 Å². The number of aromatic nitrogens is 2. The number of halogens is 1. The van der Waals surface area contributed by atoms with Crippen LogP contribution in [-0.2, 0) is 0 Å². The fourth-order valence-corrected chi connectivity index (χ4v) is 4.35. The van der Waals surface area contributed by atoms with E-state index in [9.17, 15) is 14.4 Å². The molecule has 1 amide bonds. The quantitative estimate of drug-likeness (QED) is 0.452. The van der Waals surface area contributed by atoms with Crippen molar-refractivity contribution in [2.24, 2.45) is 0 Å². The summed E-state index contributed by atoms with van der Waals surface area (Å²) in [5, 5.41) is 9.50. The first-order valence-electron chi connectivity index (χ1n) is 10.9. The number of hydrogen-bond donors (Lipinski definition) is 0. The Morgan fingerprint density at radius 1 is 1.12 bits per heavy atom. The SMILES string of the molecule is Cc1cc(C(=O)N2CCN(c3oc(-c4ccco4)nc3C#N)CC2)c(C)n1-c1ccc(F)cc1. The molecule has 0 atom stereocenters. The molecule has 172 valence electrons. The van der Waals surface area contributed by atoms with Gasteiger partial charge in [0.15, 0.2) is 5.76 Å². The summed E-state index contributed by atoms with van der Waals surface area (Å²) in [6.07, 6.45) is 1.52. The molecule has 0 aliphatic carbocycles. The van der Waals surface area contributed by atoms with Gasteiger partial charge in [0.2, 0.25) is 11.6 Å². The molecule has 34 heavy (non-hydrogen) atoms. The smallest absolute Gasteiger partial charge is 0.266 e. The normalized spacial score (nSPS) is 13.8. The summed E-state index contributed by atoms with van der Waals surface area (Å²) in [5.74, 6) is 0.727. The fourth-order valence-electron chi connectivity index (χ4n) is 4.35. The van der Waals surface area contributed by atoms with Gasteiger partial charge < -0.3 is 23.2 Å². The predicted octanol–water partition coefficient (Wildman–Crippen LogP) is 4.32. The van der Waals surface area contributed by atoms with Gasteiger partial charge in [-0.25, -0.2) is 4.39 Å². The summed E-state index contributed by atoms with van der Waals surface area (Å²) < 4.78 is 26.4. The summed E-state index contributed by atoms with van der Waals surface area (Å²) in [7, 11) is 0. The average Bonchev–Trinajstić information content (AvgIpc) is 3.59. The lowest BCUT2D eigenvalue weighted by molar-refractivity contribution is 0.0744. The Balaban J connectivity index is 1.32. The molecule has 8 nitrogen and oxygen atoms in total. The van der Waals surface area contributed by atoms with Crippen LogP contribution in [-0.4, -0.2) is 46.5 Å².